The monoisotopic (exact) mass is 195 g/mol. The van der Waals surface area contributed by atoms with E-state index in [0.717, 1.165) is 6.54 Å². The lowest BCUT2D eigenvalue weighted by molar-refractivity contribution is 1.08. The Morgan fingerprint density at radius 1 is 0.867 bits per heavy atom. The molecule has 2 aromatic carbocycles. The predicted octanol–water partition coefficient (Wildman–Crippen LogP) is 3.00. The third-order valence-corrected chi connectivity index (χ3v) is 2.83. The fraction of sp³-hybridized carbons (Fsp3) is 0.143. The Bertz CT molecular complexity index is 458. The normalized spacial score (nSPS) is 18.8. The van der Waals surface area contributed by atoms with E-state index in [4.69, 9.17) is 0 Å². The van der Waals surface area contributed by atoms with Crippen LogP contribution in [-0.2, 0) is 0 Å². The van der Waals surface area contributed by atoms with Gasteiger partial charge in [-0.25, -0.2) is 0 Å². The molecule has 3 rings (SSSR count). The molecule has 74 valence electrons. The molecule has 1 heterocycles. The molecule has 0 saturated carbocycles. The number of hydrogen-bond acceptors (Lipinski definition) is 1. The maximum Gasteiger partial charge on any atom is 0.0453 e. The third-order valence-electron chi connectivity index (χ3n) is 2.83. The number of hydrogen-bond donors (Lipinski definition) is 1. The van der Waals surface area contributed by atoms with Gasteiger partial charge in [-0.15, -0.1) is 0 Å². The summed E-state index contributed by atoms with van der Waals surface area (Å²) < 4.78 is 0. The Morgan fingerprint density at radius 3 is 2.27 bits per heavy atom. The molecule has 2 aromatic rings. The van der Waals surface area contributed by atoms with Crippen LogP contribution in [0.15, 0.2) is 54.6 Å². The van der Waals surface area contributed by atoms with Gasteiger partial charge in [0.25, 0.3) is 0 Å². The van der Waals surface area contributed by atoms with Crippen molar-refractivity contribution < 1.29 is 0 Å². The van der Waals surface area contributed by atoms with Gasteiger partial charge >= 0.3 is 0 Å². The average molecular weight is 195 g/mol. The van der Waals surface area contributed by atoms with Gasteiger partial charge in [0.05, 0.1) is 0 Å². The van der Waals surface area contributed by atoms with Gasteiger partial charge in [-0.2, -0.15) is 0 Å². The Kier molecular flexibility index (Phi) is 2.04. The van der Waals surface area contributed by atoms with E-state index in [2.05, 4.69) is 59.9 Å². The maximum absolute atomic E-state index is 3.36. The molecule has 1 nitrogen and oxygen atoms in total. The second-order valence-corrected chi connectivity index (χ2v) is 3.91. The van der Waals surface area contributed by atoms with Crippen LogP contribution in [0.1, 0.15) is 11.6 Å². The standard InChI is InChI=1S/C14H13N/c1-2-6-11(7-3-1)12-8-4-5-9-13(12)14-10-15-14/h1-9,14-15H,10H2/t14-/m1/s1. The first-order chi connectivity index (χ1) is 7.45. The van der Waals surface area contributed by atoms with Gasteiger partial charge < -0.3 is 5.32 Å². The van der Waals surface area contributed by atoms with Crippen LogP contribution in [0.4, 0.5) is 0 Å². The first-order valence-electron chi connectivity index (χ1n) is 5.33. The Hall–Kier alpha value is -1.60. The molecule has 1 N–H and O–H groups in total. The first-order valence-corrected chi connectivity index (χ1v) is 5.33. The van der Waals surface area contributed by atoms with Crippen molar-refractivity contribution in [2.75, 3.05) is 6.54 Å². The Balaban J connectivity index is 2.11. The summed E-state index contributed by atoms with van der Waals surface area (Å²) in [6.07, 6.45) is 0. The van der Waals surface area contributed by atoms with E-state index in [1.54, 1.807) is 0 Å². The maximum atomic E-state index is 3.36. The minimum atomic E-state index is 0.571. The van der Waals surface area contributed by atoms with E-state index in [1.165, 1.54) is 16.7 Å². The summed E-state index contributed by atoms with van der Waals surface area (Å²) in [5, 5.41) is 3.36. The fourth-order valence-corrected chi connectivity index (χ4v) is 1.96. The molecule has 0 unspecified atom stereocenters. The van der Waals surface area contributed by atoms with Crippen LogP contribution in [0.3, 0.4) is 0 Å². The minimum Gasteiger partial charge on any atom is -0.307 e. The van der Waals surface area contributed by atoms with Crippen LogP contribution in [-0.4, -0.2) is 6.54 Å². The lowest BCUT2D eigenvalue weighted by atomic mass is 9.98. The molecule has 0 bridgehead atoms. The molecule has 1 aliphatic rings. The highest BCUT2D eigenvalue weighted by molar-refractivity contribution is 5.68. The van der Waals surface area contributed by atoms with E-state index in [1.807, 2.05) is 0 Å². The largest absolute Gasteiger partial charge is 0.307 e. The van der Waals surface area contributed by atoms with Crippen LogP contribution in [0.25, 0.3) is 11.1 Å². The number of benzene rings is 2. The van der Waals surface area contributed by atoms with Crippen LogP contribution in [0.2, 0.25) is 0 Å². The van der Waals surface area contributed by atoms with Gasteiger partial charge in [0, 0.05) is 12.6 Å². The topological polar surface area (TPSA) is 21.9 Å². The summed E-state index contributed by atoms with van der Waals surface area (Å²) in [5.41, 5.74) is 4.08. The number of nitrogens with one attached hydrogen (secondary N) is 1. The molecule has 1 fully saturated rings. The van der Waals surface area contributed by atoms with Crippen LogP contribution in [0.5, 0.6) is 0 Å². The lowest BCUT2D eigenvalue weighted by Gasteiger charge is -2.07. The summed E-state index contributed by atoms with van der Waals surface area (Å²) in [6, 6.07) is 19.8. The van der Waals surface area contributed by atoms with E-state index in [9.17, 15) is 0 Å². The zero-order valence-electron chi connectivity index (χ0n) is 8.48. The highest BCUT2D eigenvalue weighted by Crippen LogP contribution is 2.31. The van der Waals surface area contributed by atoms with Crippen molar-refractivity contribution in [1.82, 2.24) is 5.32 Å². The van der Waals surface area contributed by atoms with Crippen molar-refractivity contribution in [2.24, 2.45) is 0 Å². The van der Waals surface area contributed by atoms with Crippen molar-refractivity contribution in [1.29, 1.82) is 0 Å². The quantitative estimate of drug-likeness (QED) is 0.731. The van der Waals surface area contributed by atoms with E-state index >= 15 is 0 Å². The SMILES string of the molecule is c1ccc(-c2ccccc2[C@H]2CN2)cc1. The van der Waals surface area contributed by atoms with Crippen LogP contribution < -0.4 is 5.32 Å². The van der Waals surface area contributed by atoms with Crippen LogP contribution >= 0.6 is 0 Å². The fourth-order valence-electron chi connectivity index (χ4n) is 1.96. The summed E-state index contributed by atoms with van der Waals surface area (Å²) in [7, 11) is 0. The van der Waals surface area contributed by atoms with Gasteiger partial charge in [0.2, 0.25) is 0 Å². The van der Waals surface area contributed by atoms with Crippen molar-refractivity contribution in [3.05, 3.63) is 60.2 Å². The molecule has 1 atom stereocenters. The van der Waals surface area contributed by atoms with Crippen molar-refractivity contribution in [3.8, 4) is 11.1 Å². The highest BCUT2D eigenvalue weighted by atomic mass is 15.1. The zero-order valence-corrected chi connectivity index (χ0v) is 8.48. The molecule has 1 heteroatoms. The summed E-state index contributed by atoms with van der Waals surface area (Å²) in [5.74, 6) is 0. The minimum absolute atomic E-state index is 0.571. The molecule has 0 amide bonds. The van der Waals surface area contributed by atoms with E-state index in [-0.39, 0.29) is 0 Å². The van der Waals surface area contributed by atoms with Gasteiger partial charge in [0.1, 0.15) is 0 Å². The molecular weight excluding hydrogens is 182 g/mol. The smallest absolute Gasteiger partial charge is 0.0453 e. The first kappa shape index (κ1) is 8.69. The Morgan fingerprint density at radius 2 is 1.53 bits per heavy atom. The van der Waals surface area contributed by atoms with Crippen LogP contribution in [0, 0.1) is 0 Å². The van der Waals surface area contributed by atoms with E-state index < -0.39 is 0 Å². The molecule has 0 radical (unpaired) electrons. The second-order valence-electron chi connectivity index (χ2n) is 3.91. The molecule has 15 heavy (non-hydrogen) atoms. The average Bonchev–Trinajstić information content (AvgIpc) is 3.14. The third kappa shape index (κ3) is 1.66. The van der Waals surface area contributed by atoms with Crippen molar-refractivity contribution in [3.63, 3.8) is 0 Å². The van der Waals surface area contributed by atoms with Gasteiger partial charge in [-0.05, 0) is 16.7 Å². The van der Waals surface area contributed by atoms with Gasteiger partial charge in [-0.3, -0.25) is 0 Å². The molecule has 0 aromatic heterocycles. The van der Waals surface area contributed by atoms with E-state index in [0.29, 0.717) is 6.04 Å². The second kappa shape index (κ2) is 3.52. The van der Waals surface area contributed by atoms with Gasteiger partial charge in [-0.1, -0.05) is 54.6 Å². The van der Waals surface area contributed by atoms with Crippen molar-refractivity contribution >= 4 is 0 Å². The lowest BCUT2D eigenvalue weighted by Crippen LogP contribution is -1.89. The molecule has 0 aliphatic carbocycles. The Labute approximate surface area is 89.8 Å². The predicted molar refractivity (Wildman–Crippen MR) is 62.6 cm³/mol. The number of rotatable bonds is 2. The molecule has 0 spiro atoms. The summed E-state index contributed by atoms with van der Waals surface area (Å²) in [4.78, 5) is 0. The molecule has 1 saturated heterocycles. The molecule has 1 aliphatic heterocycles. The summed E-state index contributed by atoms with van der Waals surface area (Å²) in [6.45, 7) is 1.11. The molecular formula is C14H13N. The van der Waals surface area contributed by atoms with Crippen molar-refractivity contribution in [2.45, 2.75) is 6.04 Å². The zero-order chi connectivity index (χ0) is 10.1. The van der Waals surface area contributed by atoms with Gasteiger partial charge in [0.15, 0.2) is 0 Å². The summed E-state index contributed by atoms with van der Waals surface area (Å²) >= 11 is 0. The highest BCUT2D eigenvalue weighted by Gasteiger charge is 2.24.